The predicted octanol–water partition coefficient (Wildman–Crippen LogP) is 14.7. The first-order chi connectivity index (χ1) is 28.7. The highest BCUT2D eigenvalue weighted by molar-refractivity contribution is 7.82. The van der Waals surface area contributed by atoms with Crippen molar-refractivity contribution < 1.29 is 8.98 Å². The number of rotatable bonds is 6. The molecule has 1 atom stereocenters. The summed E-state index contributed by atoms with van der Waals surface area (Å²) in [5, 5.41) is 9.53. The largest absolute Gasteiger partial charge is 0.456 e. The van der Waals surface area contributed by atoms with Crippen LogP contribution in [-0.4, -0.2) is 0 Å². The van der Waals surface area contributed by atoms with Crippen molar-refractivity contribution in [2.24, 2.45) is 0 Å². The van der Waals surface area contributed by atoms with Crippen LogP contribution in [0.3, 0.4) is 0 Å². The van der Waals surface area contributed by atoms with Gasteiger partial charge in [0, 0.05) is 26.7 Å². The van der Waals surface area contributed by atoms with Gasteiger partial charge in [0.2, 0.25) is 0 Å². The molecule has 1 unspecified atom stereocenters. The van der Waals surface area contributed by atoms with Crippen LogP contribution >= 0.6 is 7.14 Å². The molecule has 1 aromatic heterocycles. The lowest BCUT2D eigenvalue weighted by Crippen LogP contribution is -2.16. The predicted molar refractivity (Wildman–Crippen MR) is 245 cm³/mol. The zero-order valence-electron chi connectivity index (χ0n) is 31.5. The molecule has 12 rings (SSSR count). The fourth-order valence-corrected chi connectivity index (χ4v) is 12.5. The minimum Gasteiger partial charge on any atom is -0.456 e. The van der Waals surface area contributed by atoms with Crippen LogP contribution in [0.1, 0.15) is 6.42 Å². The SMILES string of the molecule is O=P(C1=CCC=C1)(c1ccccc1)c1ccc2oc3ccc(-c4ccc5c6c(cccc46)-c4c-5c(-c5ccccc5)c5ccccc5c4-c4ccccc4)cc3c2c1. The molecule has 3 heteroatoms. The Kier molecular flexibility index (Phi) is 7.30. The average molecular weight is 759 g/mol. The highest BCUT2D eigenvalue weighted by Gasteiger charge is 2.33. The summed E-state index contributed by atoms with van der Waals surface area (Å²) in [4.78, 5) is 0. The topological polar surface area (TPSA) is 30.2 Å². The van der Waals surface area contributed by atoms with E-state index in [1.54, 1.807) is 0 Å². The Morgan fingerprint density at radius 2 is 0.983 bits per heavy atom. The molecule has 9 aromatic carbocycles. The number of allylic oxidation sites excluding steroid dienone is 4. The van der Waals surface area contributed by atoms with Crippen molar-refractivity contribution in [3.63, 3.8) is 0 Å². The van der Waals surface area contributed by atoms with Gasteiger partial charge < -0.3 is 8.98 Å². The van der Waals surface area contributed by atoms with E-state index in [-0.39, 0.29) is 0 Å². The van der Waals surface area contributed by atoms with Crippen molar-refractivity contribution in [3.05, 3.63) is 206 Å². The summed E-state index contributed by atoms with van der Waals surface area (Å²) in [6, 6.07) is 64.7. The maximum atomic E-state index is 15.3. The van der Waals surface area contributed by atoms with E-state index in [2.05, 4.69) is 152 Å². The second-order valence-electron chi connectivity index (χ2n) is 15.4. The molecule has 2 aliphatic carbocycles. The minimum atomic E-state index is -3.10. The maximum Gasteiger partial charge on any atom is 0.170 e. The van der Waals surface area contributed by atoms with Crippen molar-refractivity contribution in [2.45, 2.75) is 6.42 Å². The highest BCUT2D eigenvalue weighted by Crippen LogP contribution is 2.59. The molecule has 2 nitrogen and oxygen atoms in total. The van der Waals surface area contributed by atoms with E-state index >= 15 is 4.57 Å². The van der Waals surface area contributed by atoms with E-state index in [9.17, 15) is 0 Å². The summed E-state index contributed by atoms with van der Waals surface area (Å²) in [6.07, 6.45) is 7.02. The molecular weight excluding hydrogens is 724 g/mol. The molecule has 0 N–H and O–H groups in total. The van der Waals surface area contributed by atoms with E-state index in [0.717, 1.165) is 49.8 Å². The van der Waals surface area contributed by atoms with E-state index in [1.165, 1.54) is 71.6 Å². The lowest BCUT2D eigenvalue weighted by Gasteiger charge is -2.20. The third kappa shape index (κ3) is 4.76. The van der Waals surface area contributed by atoms with Gasteiger partial charge >= 0.3 is 0 Å². The second-order valence-corrected chi connectivity index (χ2v) is 18.1. The van der Waals surface area contributed by atoms with Crippen LogP contribution < -0.4 is 10.6 Å². The van der Waals surface area contributed by atoms with Crippen molar-refractivity contribution in [2.75, 3.05) is 0 Å². The van der Waals surface area contributed by atoms with Crippen LogP contribution in [0.4, 0.5) is 0 Å². The van der Waals surface area contributed by atoms with Crippen LogP contribution in [0.2, 0.25) is 0 Å². The van der Waals surface area contributed by atoms with Gasteiger partial charge in [-0.2, -0.15) is 0 Å². The molecular formula is C55H35O2P. The Hall–Kier alpha value is -6.99. The molecule has 0 aliphatic heterocycles. The maximum absolute atomic E-state index is 15.3. The molecule has 0 amide bonds. The zero-order chi connectivity index (χ0) is 38.4. The standard InChI is InChI=1S/C55H35O2P/c56-58(39-21-10-11-22-39,38-19-8-3-9-20-38)40-28-32-50-48(34-40)47-33-37(27-31-49(47)57-50)41-29-30-46-53-42(41)25-14-26-45(53)54-51(35-15-4-1-5-16-35)43-23-12-13-24-44(43)52(55(46)54)36-17-6-2-7-18-36/h1-10,12-34H,11H2. The Labute approximate surface area is 336 Å². The zero-order valence-corrected chi connectivity index (χ0v) is 32.4. The van der Waals surface area contributed by atoms with Crippen LogP contribution in [-0.2, 0) is 4.57 Å². The number of furan rings is 1. The van der Waals surface area contributed by atoms with E-state index < -0.39 is 7.14 Å². The van der Waals surface area contributed by atoms with Crippen LogP contribution in [0.15, 0.2) is 210 Å². The molecule has 1 heterocycles. The summed E-state index contributed by atoms with van der Waals surface area (Å²) in [7, 11) is -3.10. The second kappa shape index (κ2) is 12.8. The first-order valence-corrected chi connectivity index (χ1v) is 21.6. The Bertz CT molecular complexity index is 3340. The molecule has 10 aromatic rings. The first-order valence-electron chi connectivity index (χ1n) is 19.9. The summed E-state index contributed by atoms with van der Waals surface area (Å²) in [5.41, 5.74) is 14.0. The van der Waals surface area contributed by atoms with Gasteiger partial charge in [-0.1, -0.05) is 170 Å². The number of fused-ring (bicyclic) bond motifs is 7. The summed E-state index contributed by atoms with van der Waals surface area (Å²) >= 11 is 0. The summed E-state index contributed by atoms with van der Waals surface area (Å²) in [6.45, 7) is 0. The Balaban J connectivity index is 1.09. The van der Waals surface area contributed by atoms with Gasteiger partial charge in [-0.25, -0.2) is 0 Å². The number of hydrogen-bond acceptors (Lipinski definition) is 2. The third-order valence-corrected chi connectivity index (χ3v) is 15.4. The van der Waals surface area contributed by atoms with E-state index in [0.29, 0.717) is 0 Å². The third-order valence-electron chi connectivity index (χ3n) is 12.3. The molecule has 0 spiro atoms. The fourth-order valence-electron chi connectivity index (χ4n) is 9.75. The summed E-state index contributed by atoms with van der Waals surface area (Å²) in [5.74, 6) is 0. The summed E-state index contributed by atoms with van der Waals surface area (Å²) < 4.78 is 21.7. The normalized spacial score (nSPS) is 14.0. The van der Waals surface area contributed by atoms with Gasteiger partial charge in [0.25, 0.3) is 0 Å². The highest BCUT2D eigenvalue weighted by atomic mass is 31.2. The monoisotopic (exact) mass is 758 g/mol. The average Bonchev–Trinajstić information content (AvgIpc) is 4.04. The molecule has 0 saturated heterocycles. The smallest absolute Gasteiger partial charge is 0.170 e. The lowest BCUT2D eigenvalue weighted by molar-refractivity contribution is 0.591. The van der Waals surface area contributed by atoms with Gasteiger partial charge in [-0.3, -0.25) is 0 Å². The Morgan fingerprint density at radius 3 is 1.64 bits per heavy atom. The fraction of sp³-hybridized carbons (Fsp3) is 0.0182. The quantitative estimate of drug-likeness (QED) is 0.158. The van der Waals surface area contributed by atoms with Crippen molar-refractivity contribution in [1.29, 1.82) is 0 Å². The molecule has 2 aliphatic rings. The molecule has 58 heavy (non-hydrogen) atoms. The van der Waals surface area contributed by atoms with Gasteiger partial charge in [-0.05, 0) is 114 Å². The molecule has 0 saturated carbocycles. The van der Waals surface area contributed by atoms with Gasteiger partial charge in [0.05, 0.1) is 0 Å². The van der Waals surface area contributed by atoms with Crippen LogP contribution in [0, 0.1) is 0 Å². The molecule has 0 fully saturated rings. The van der Waals surface area contributed by atoms with Crippen LogP contribution in [0.5, 0.6) is 0 Å². The van der Waals surface area contributed by atoms with Gasteiger partial charge in [0.15, 0.2) is 7.14 Å². The van der Waals surface area contributed by atoms with Gasteiger partial charge in [-0.15, -0.1) is 0 Å². The Morgan fingerprint density at radius 1 is 0.414 bits per heavy atom. The van der Waals surface area contributed by atoms with Gasteiger partial charge in [0.1, 0.15) is 11.2 Å². The van der Waals surface area contributed by atoms with Crippen molar-refractivity contribution in [1.82, 2.24) is 0 Å². The van der Waals surface area contributed by atoms with Crippen LogP contribution in [0.25, 0.3) is 99.1 Å². The lowest BCUT2D eigenvalue weighted by atomic mass is 9.82. The first kappa shape index (κ1) is 33.2. The number of hydrogen-bond donors (Lipinski definition) is 0. The number of benzene rings is 9. The van der Waals surface area contributed by atoms with Crippen molar-refractivity contribution >= 4 is 61.2 Å². The van der Waals surface area contributed by atoms with Crippen molar-refractivity contribution in [3.8, 4) is 55.6 Å². The molecule has 272 valence electrons. The van der Waals surface area contributed by atoms with E-state index in [4.69, 9.17) is 4.42 Å². The van der Waals surface area contributed by atoms with E-state index in [1.807, 2.05) is 48.5 Å². The minimum absolute atomic E-state index is 0.788. The molecule has 0 radical (unpaired) electrons. The molecule has 0 bridgehead atoms.